The van der Waals surface area contributed by atoms with Crippen molar-refractivity contribution in [1.29, 1.82) is 0 Å². The Morgan fingerprint density at radius 1 is 1.53 bits per heavy atom. The Labute approximate surface area is 116 Å². The van der Waals surface area contributed by atoms with Crippen LogP contribution in [0.3, 0.4) is 0 Å². The Hall–Kier alpha value is -1.24. The topological polar surface area (TPSA) is 67.0 Å². The summed E-state index contributed by atoms with van der Waals surface area (Å²) in [6.07, 6.45) is 0. The maximum atomic E-state index is 11.8. The standard InChI is InChI=1S/C13H19N3O2S/c1-4-18-13(2,3)8-14-7-10-15-9-5-6-19-11(9)12(17)16-10/h5-6,14H,4,7-8H2,1-3H3,(H,15,16,17). The summed E-state index contributed by atoms with van der Waals surface area (Å²) in [4.78, 5) is 19.0. The van der Waals surface area contributed by atoms with Crippen LogP contribution in [0.2, 0.25) is 0 Å². The zero-order valence-electron chi connectivity index (χ0n) is 11.4. The number of ether oxygens (including phenoxy) is 1. The smallest absolute Gasteiger partial charge is 0.268 e. The molecule has 0 aliphatic carbocycles. The van der Waals surface area contributed by atoms with E-state index in [2.05, 4.69) is 15.3 Å². The monoisotopic (exact) mass is 281 g/mol. The second-order valence-electron chi connectivity index (χ2n) is 4.94. The Bertz CT molecular complexity index is 603. The molecule has 2 aromatic heterocycles. The van der Waals surface area contributed by atoms with Crippen LogP contribution in [0.1, 0.15) is 26.6 Å². The summed E-state index contributed by atoms with van der Waals surface area (Å²) >= 11 is 1.41. The van der Waals surface area contributed by atoms with E-state index in [0.717, 1.165) is 5.52 Å². The van der Waals surface area contributed by atoms with Crippen LogP contribution < -0.4 is 10.9 Å². The van der Waals surface area contributed by atoms with E-state index in [1.807, 2.05) is 32.2 Å². The Balaban J connectivity index is 2.00. The van der Waals surface area contributed by atoms with E-state index < -0.39 is 0 Å². The van der Waals surface area contributed by atoms with Crippen LogP contribution in [-0.2, 0) is 11.3 Å². The van der Waals surface area contributed by atoms with Gasteiger partial charge in [0.2, 0.25) is 0 Å². The van der Waals surface area contributed by atoms with Gasteiger partial charge in [-0.3, -0.25) is 4.79 Å². The predicted octanol–water partition coefficient (Wildman–Crippen LogP) is 1.89. The molecule has 0 unspecified atom stereocenters. The minimum atomic E-state index is -0.221. The van der Waals surface area contributed by atoms with E-state index in [9.17, 15) is 4.79 Å². The van der Waals surface area contributed by atoms with Crippen molar-refractivity contribution in [2.24, 2.45) is 0 Å². The summed E-state index contributed by atoms with van der Waals surface area (Å²) in [5, 5.41) is 5.13. The lowest BCUT2D eigenvalue weighted by atomic mass is 10.1. The molecule has 0 aliphatic heterocycles. The number of aromatic nitrogens is 2. The molecule has 5 nitrogen and oxygen atoms in total. The molecule has 0 aromatic carbocycles. The second-order valence-corrected chi connectivity index (χ2v) is 5.86. The number of nitrogens with one attached hydrogen (secondary N) is 2. The number of hydrogen-bond donors (Lipinski definition) is 2. The van der Waals surface area contributed by atoms with E-state index in [1.165, 1.54) is 11.3 Å². The summed E-state index contributed by atoms with van der Waals surface area (Å²) in [6.45, 7) is 7.95. The Morgan fingerprint density at radius 2 is 2.32 bits per heavy atom. The Kier molecular flexibility index (Phi) is 4.34. The molecule has 19 heavy (non-hydrogen) atoms. The third-order valence-electron chi connectivity index (χ3n) is 2.74. The van der Waals surface area contributed by atoms with E-state index in [0.29, 0.717) is 30.2 Å². The lowest BCUT2D eigenvalue weighted by molar-refractivity contribution is -0.00906. The van der Waals surface area contributed by atoms with Gasteiger partial charge in [0.1, 0.15) is 10.5 Å². The van der Waals surface area contributed by atoms with Gasteiger partial charge in [0.25, 0.3) is 5.56 Å². The summed E-state index contributed by atoms with van der Waals surface area (Å²) in [6, 6.07) is 1.86. The molecule has 2 aromatic rings. The highest BCUT2D eigenvalue weighted by Gasteiger charge is 2.16. The average molecular weight is 281 g/mol. The van der Waals surface area contributed by atoms with Crippen LogP contribution >= 0.6 is 11.3 Å². The summed E-state index contributed by atoms with van der Waals surface area (Å²) in [5.74, 6) is 0.656. The first kappa shape index (κ1) is 14.2. The molecule has 0 saturated carbocycles. The molecule has 104 valence electrons. The minimum absolute atomic E-state index is 0.0686. The minimum Gasteiger partial charge on any atom is -0.375 e. The van der Waals surface area contributed by atoms with Crippen molar-refractivity contribution in [3.05, 3.63) is 27.6 Å². The molecule has 2 N–H and O–H groups in total. The van der Waals surface area contributed by atoms with Gasteiger partial charge in [0.15, 0.2) is 0 Å². The average Bonchev–Trinajstić information content (AvgIpc) is 2.77. The van der Waals surface area contributed by atoms with Gasteiger partial charge >= 0.3 is 0 Å². The van der Waals surface area contributed by atoms with Crippen LogP contribution in [0.5, 0.6) is 0 Å². The van der Waals surface area contributed by atoms with Gasteiger partial charge in [-0.05, 0) is 32.2 Å². The molecule has 0 radical (unpaired) electrons. The van der Waals surface area contributed by atoms with Crippen molar-refractivity contribution in [1.82, 2.24) is 15.3 Å². The number of H-pyrrole nitrogens is 1. The van der Waals surface area contributed by atoms with Crippen molar-refractivity contribution < 1.29 is 4.74 Å². The molecule has 6 heteroatoms. The van der Waals surface area contributed by atoms with Crippen LogP contribution in [0.15, 0.2) is 16.2 Å². The van der Waals surface area contributed by atoms with Crippen LogP contribution in [0.25, 0.3) is 10.2 Å². The second kappa shape index (κ2) is 5.81. The maximum absolute atomic E-state index is 11.8. The van der Waals surface area contributed by atoms with Gasteiger partial charge in [0.05, 0.1) is 17.7 Å². The van der Waals surface area contributed by atoms with E-state index in [-0.39, 0.29) is 11.2 Å². The van der Waals surface area contributed by atoms with E-state index >= 15 is 0 Å². The molecule has 0 spiro atoms. The fourth-order valence-corrected chi connectivity index (χ4v) is 2.65. The third-order valence-corrected chi connectivity index (χ3v) is 3.64. The van der Waals surface area contributed by atoms with Gasteiger partial charge in [-0.25, -0.2) is 4.98 Å². The highest BCUT2D eigenvalue weighted by Crippen LogP contribution is 2.13. The molecule has 0 fully saturated rings. The fourth-order valence-electron chi connectivity index (χ4n) is 1.93. The quantitative estimate of drug-likeness (QED) is 0.848. The number of aromatic amines is 1. The molecule has 0 atom stereocenters. The van der Waals surface area contributed by atoms with Gasteiger partial charge in [-0.1, -0.05) is 0 Å². The zero-order chi connectivity index (χ0) is 13.9. The molecule has 0 bridgehead atoms. The first-order valence-corrected chi connectivity index (χ1v) is 7.21. The molecular weight excluding hydrogens is 262 g/mol. The lowest BCUT2D eigenvalue weighted by Crippen LogP contribution is -2.37. The SMILES string of the molecule is CCOC(C)(C)CNCc1nc2ccsc2c(=O)[nH]1. The van der Waals surface area contributed by atoms with Crippen LogP contribution in [0, 0.1) is 0 Å². The fraction of sp³-hybridized carbons (Fsp3) is 0.538. The normalized spacial score (nSPS) is 12.2. The summed E-state index contributed by atoms with van der Waals surface area (Å²) in [5.41, 5.74) is 0.470. The number of thiophene rings is 1. The van der Waals surface area contributed by atoms with Crippen molar-refractivity contribution >= 4 is 21.6 Å². The third kappa shape index (κ3) is 3.62. The Morgan fingerprint density at radius 3 is 3.05 bits per heavy atom. The van der Waals surface area contributed by atoms with Crippen molar-refractivity contribution in [3.8, 4) is 0 Å². The highest BCUT2D eigenvalue weighted by atomic mass is 32.1. The van der Waals surface area contributed by atoms with Gasteiger partial charge in [0, 0.05) is 13.2 Å². The van der Waals surface area contributed by atoms with E-state index in [1.54, 1.807) is 0 Å². The van der Waals surface area contributed by atoms with Crippen molar-refractivity contribution in [3.63, 3.8) is 0 Å². The van der Waals surface area contributed by atoms with Gasteiger partial charge in [-0.15, -0.1) is 11.3 Å². The van der Waals surface area contributed by atoms with Crippen molar-refractivity contribution in [2.45, 2.75) is 32.9 Å². The molecule has 2 heterocycles. The highest BCUT2D eigenvalue weighted by molar-refractivity contribution is 7.17. The summed E-state index contributed by atoms with van der Waals surface area (Å²) in [7, 11) is 0. The molecule has 2 rings (SSSR count). The van der Waals surface area contributed by atoms with Crippen LogP contribution in [-0.4, -0.2) is 28.7 Å². The van der Waals surface area contributed by atoms with Crippen LogP contribution in [0.4, 0.5) is 0 Å². The molecule has 0 aliphatic rings. The number of rotatable bonds is 6. The van der Waals surface area contributed by atoms with Gasteiger partial charge in [-0.2, -0.15) is 0 Å². The van der Waals surface area contributed by atoms with E-state index in [4.69, 9.17) is 4.74 Å². The molecule has 0 saturated heterocycles. The van der Waals surface area contributed by atoms with Crippen molar-refractivity contribution in [2.75, 3.05) is 13.2 Å². The number of hydrogen-bond acceptors (Lipinski definition) is 5. The first-order valence-electron chi connectivity index (χ1n) is 6.33. The molecule has 0 amide bonds. The number of nitrogens with zero attached hydrogens (tertiary/aromatic N) is 1. The van der Waals surface area contributed by atoms with Gasteiger partial charge < -0.3 is 15.0 Å². The summed E-state index contributed by atoms with van der Waals surface area (Å²) < 4.78 is 6.27. The number of fused-ring (bicyclic) bond motifs is 1. The molecular formula is C13H19N3O2S. The largest absolute Gasteiger partial charge is 0.375 e. The first-order chi connectivity index (χ1) is 9.02. The predicted molar refractivity (Wildman–Crippen MR) is 77.7 cm³/mol. The lowest BCUT2D eigenvalue weighted by Gasteiger charge is -2.24. The maximum Gasteiger partial charge on any atom is 0.268 e. The zero-order valence-corrected chi connectivity index (χ0v) is 12.3.